The molecule has 0 saturated heterocycles. The van der Waals surface area contributed by atoms with Crippen LogP contribution >= 0.6 is 15.9 Å². The molecule has 0 aliphatic carbocycles. The van der Waals surface area contributed by atoms with Crippen molar-refractivity contribution in [3.05, 3.63) is 40.4 Å². The molecule has 2 aromatic heterocycles. The van der Waals surface area contributed by atoms with Gasteiger partial charge >= 0.3 is 5.97 Å². The number of halogens is 2. The minimum Gasteiger partial charge on any atom is -0.478 e. The molecule has 2 aromatic rings. The third-order valence-electron chi connectivity index (χ3n) is 1.88. The molecule has 0 spiro atoms. The van der Waals surface area contributed by atoms with Gasteiger partial charge in [-0.25, -0.2) is 9.18 Å². The van der Waals surface area contributed by atoms with Crippen molar-refractivity contribution in [3.8, 4) is 0 Å². The molecule has 0 aromatic carbocycles. The minimum absolute atomic E-state index is 0.141. The second-order valence-electron chi connectivity index (χ2n) is 2.84. The summed E-state index contributed by atoms with van der Waals surface area (Å²) in [4.78, 5) is 10.6. The van der Waals surface area contributed by atoms with Gasteiger partial charge in [0.25, 0.3) is 0 Å². The molecule has 2 rings (SSSR count). The molecule has 72 valence electrons. The third-order valence-corrected chi connectivity index (χ3v) is 2.49. The number of pyridine rings is 1. The van der Waals surface area contributed by atoms with Gasteiger partial charge in [0, 0.05) is 17.9 Å². The monoisotopic (exact) mass is 257 g/mol. The summed E-state index contributed by atoms with van der Waals surface area (Å²) in [5, 5.41) is 8.71. The van der Waals surface area contributed by atoms with Crippen LogP contribution in [0.2, 0.25) is 0 Å². The van der Waals surface area contributed by atoms with Crippen molar-refractivity contribution in [2.24, 2.45) is 0 Å². The van der Waals surface area contributed by atoms with E-state index in [1.165, 1.54) is 28.9 Å². The molecule has 0 saturated carbocycles. The van der Waals surface area contributed by atoms with Crippen LogP contribution in [0.3, 0.4) is 0 Å². The van der Waals surface area contributed by atoms with Crippen molar-refractivity contribution in [1.82, 2.24) is 4.40 Å². The summed E-state index contributed by atoms with van der Waals surface area (Å²) in [6.45, 7) is 0. The van der Waals surface area contributed by atoms with Gasteiger partial charge in [0.15, 0.2) is 5.82 Å². The summed E-state index contributed by atoms with van der Waals surface area (Å²) in [5.41, 5.74) is 0.776. The second-order valence-corrected chi connectivity index (χ2v) is 3.69. The fourth-order valence-corrected chi connectivity index (χ4v) is 1.56. The first-order valence-electron chi connectivity index (χ1n) is 3.78. The molecule has 0 atom stereocenters. The van der Waals surface area contributed by atoms with E-state index >= 15 is 0 Å². The van der Waals surface area contributed by atoms with Crippen LogP contribution < -0.4 is 0 Å². The highest BCUT2D eigenvalue weighted by Gasteiger charge is 2.08. The van der Waals surface area contributed by atoms with E-state index in [1.807, 2.05) is 0 Å². The Bertz CT molecular complexity index is 482. The van der Waals surface area contributed by atoms with E-state index in [0.29, 0.717) is 9.99 Å². The average molecular weight is 258 g/mol. The molecular weight excluding hydrogens is 253 g/mol. The van der Waals surface area contributed by atoms with Crippen molar-refractivity contribution < 1.29 is 14.3 Å². The highest BCUT2D eigenvalue weighted by Crippen LogP contribution is 2.19. The zero-order valence-corrected chi connectivity index (χ0v) is 8.45. The van der Waals surface area contributed by atoms with Gasteiger partial charge in [0.05, 0.1) is 10.0 Å². The van der Waals surface area contributed by atoms with Gasteiger partial charge in [-0.15, -0.1) is 0 Å². The Balaban J connectivity index is 2.72. The molecule has 0 amide bonds. The molecule has 0 aliphatic rings. The van der Waals surface area contributed by atoms with Crippen LogP contribution in [0.25, 0.3) is 5.52 Å². The molecule has 1 N–H and O–H groups in total. The van der Waals surface area contributed by atoms with Gasteiger partial charge < -0.3 is 9.51 Å². The van der Waals surface area contributed by atoms with Crippen LogP contribution in [0, 0.1) is 5.82 Å². The highest BCUT2D eigenvalue weighted by atomic mass is 79.9. The second kappa shape index (κ2) is 3.09. The molecular formula is C9H5BrFNO2. The van der Waals surface area contributed by atoms with Gasteiger partial charge in [-0.05, 0) is 28.1 Å². The first-order valence-corrected chi connectivity index (χ1v) is 4.57. The lowest BCUT2D eigenvalue weighted by atomic mass is 10.3. The summed E-state index contributed by atoms with van der Waals surface area (Å²) in [5.74, 6) is -1.45. The van der Waals surface area contributed by atoms with E-state index in [-0.39, 0.29) is 5.56 Å². The SMILES string of the molecule is O=C(O)c1cc2cc(Br)c(F)cn2c1. The van der Waals surface area contributed by atoms with Gasteiger partial charge in [0.1, 0.15) is 0 Å². The summed E-state index contributed by atoms with van der Waals surface area (Å²) >= 11 is 3.03. The topological polar surface area (TPSA) is 41.7 Å². The van der Waals surface area contributed by atoms with E-state index in [1.54, 1.807) is 0 Å². The third kappa shape index (κ3) is 1.39. The van der Waals surface area contributed by atoms with Gasteiger partial charge in [-0.3, -0.25) is 0 Å². The number of carboxylic acids is 1. The lowest BCUT2D eigenvalue weighted by molar-refractivity contribution is 0.0697. The first kappa shape index (κ1) is 9.21. The Kier molecular flexibility index (Phi) is 2.03. The maximum Gasteiger partial charge on any atom is 0.337 e. The summed E-state index contributed by atoms with van der Waals surface area (Å²) in [6.07, 6.45) is 2.60. The van der Waals surface area contributed by atoms with Gasteiger partial charge in [-0.2, -0.15) is 0 Å². The van der Waals surface area contributed by atoms with Crippen LogP contribution in [-0.4, -0.2) is 15.5 Å². The number of rotatable bonds is 1. The van der Waals surface area contributed by atoms with Crippen LogP contribution in [0.5, 0.6) is 0 Å². The standard InChI is InChI=1S/C9H5BrFNO2/c10-7-2-6-1-5(9(13)14)3-12(6)4-8(7)11/h1-4H,(H,13,14). The molecule has 0 radical (unpaired) electrons. The smallest absolute Gasteiger partial charge is 0.337 e. The van der Waals surface area contributed by atoms with Gasteiger partial charge in [-0.1, -0.05) is 0 Å². The van der Waals surface area contributed by atoms with E-state index in [4.69, 9.17) is 5.11 Å². The van der Waals surface area contributed by atoms with Crippen LogP contribution in [-0.2, 0) is 0 Å². The van der Waals surface area contributed by atoms with Crippen molar-refractivity contribution in [2.75, 3.05) is 0 Å². The zero-order valence-electron chi connectivity index (χ0n) is 6.87. The van der Waals surface area contributed by atoms with Crippen LogP contribution in [0.15, 0.2) is 29.0 Å². The average Bonchev–Trinajstić information content (AvgIpc) is 2.48. The Morgan fingerprint density at radius 1 is 1.43 bits per heavy atom. The van der Waals surface area contributed by atoms with Crippen molar-refractivity contribution >= 4 is 27.4 Å². The lowest BCUT2D eigenvalue weighted by Crippen LogP contribution is -1.92. The minimum atomic E-state index is -1.02. The summed E-state index contributed by atoms with van der Waals surface area (Å²) < 4.78 is 14.8. The van der Waals surface area contributed by atoms with Crippen LogP contribution in [0.1, 0.15) is 10.4 Å². The Labute approximate surface area is 86.9 Å². The Morgan fingerprint density at radius 2 is 2.14 bits per heavy atom. The van der Waals surface area contributed by atoms with Crippen molar-refractivity contribution in [3.63, 3.8) is 0 Å². The molecule has 0 fully saturated rings. The molecule has 2 heterocycles. The number of nitrogens with zero attached hydrogens (tertiary/aromatic N) is 1. The van der Waals surface area contributed by atoms with E-state index < -0.39 is 11.8 Å². The first-order chi connectivity index (χ1) is 6.58. The molecule has 5 heteroatoms. The number of fused-ring (bicyclic) bond motifs is 1. The number of carboxylic acid groups (broad SMARTS) is 1. The predicted molar refractivity (Wildman–Crippen MR) is 52.0 cm³/mol. The van der Waals surface area contributed by atoms with E-state index in [2.05, 4.69) is 15.9 Å². The van der Waals surface area contributed by atoms with Crippen molar-refractivity contribution in [2.45, 2.75) is 0 Å². The van der Waals surface area contributed by atoms with Crippen LogP contribution in [0.4, 0.5) is 4.39 Å². The molecule has 0 bridgehead atoms. The number of aromatic carboxylic acids is 1. The quantitative estimate of drug-likeness (QED) is 0.853. The normalized spacial score (nSPS) is 10.7. The summed E-state index contributed by atoms with van der Waals surface area (Å²) in [6, 6.07) is 3.01. The number of carbonyl (C=O) groups is 1. The Hall–Kier alpha value is -1.36. The zero-order chi connectivity index (χ0) is 10.3. The maximum absolute atomic E-state index is 13.0. The Morgan fingerprint density at radius 3 is 2.79 bits per heavy atom. The molecule has 0 aliphatic heterocycles. The number of hydrogen-bond acceptors (Lipinski definition) is 1. The fourth-order valence-electron chi connectivity index (χ4n) is 1.22. The number of aromatic nitrogens is 1. The number of hydrogen-bond donors (Lipinski definition) is 1. The largest absolute Gasteiger partial charge is 0.478 e. The molecule has 3 nitrogen and oxygen atoms in total. The van der Waals surface area contributed by atoms with E-state index in [0.717, 1.165) is 0 Å². The predicted octanol–water partition coefficient (Wildman–Crippen LogP) is 2.54. The molecule has 0 unspecified atom stereocenters. The van der Waals surface area contributed by atoms with Crippen molar-refractivity contribution in [1.29, 1.82) is 0 Å². The fraction of sp³-hybridized carbons (Fsp3) is 0. The maximum atomic E-state index is 13.0. The lowest BCUT2D eigenvalue weighted by Gasteiger charge is -1.96. The highest BCUT2D eigenvalue weighted by molar-refractivity contribution is 9.10. The van der Waals surface area contributed by atoms with E-state index in [9.17, 15) is 9.18 Å². The molecule has 14 heavy (non-hydrogen) atoms. The summed E-state index contributed by atoms with van der Waals surface area (Å²) in [7, 11) is 0. The van der Waals surface area contributed by atoms with Gasteiger partial charge in [0.2, 0.25) is 0 Å².